The van der Waals surface area contributed by atoms with Crippen molar-refractivity contribution in [3.63, 3.8) is 0 Å². The molecule has 0 amide bonds. The maximum absolute atomic E-state index is 7.14. The van der Waals surface area contributed by atoms with E-state index in [4.69, 9.17) is 9.47 Å². The lowest BCUT2D eigenvalue weighted by molar-refractivity contribution is 0.469. The first kappa shape index (κ1) is 26.0. The topological polar surface area (TPSA) is 24.9 Å². The van der Waals surface area contributed by atoms with E-state index in [-0.39, 0.29) is 13.4 Å². The second-order valence-corrected chi connectivity index (χ2v) is 12.8. The first-order chi connectivity index (χ1) is 23.8. The van der Waals surface area contributed by atoms with Gasteiger partial charge < -0.3 is 19.3 Å². The molecule has 0 aromatic heterocycles. The number of hydrogen-bond donors (Lipinski definition) is 0. The van der Waals surface area contributed by atoms with Gasteiger partial charge in [0.2, 0.25) is 0 Å². The summed E-state index contributed by atoms with van der Waals surface area (Å²) in [5.74, 6) is 3.53. The van der Waals surface area contributed by atoms with Crippen molar-refractivity contribution in [1.29, 1.82) is 0 Å². The van der Waals surface area contributed by atoms with E-state index in [9.17, 15) is 0 Å². The SMILES string of the molecule is c1ccc(N2c3ccccc3B3c4ccc5c(c4Oc4cccc2c43)B2c3ccccc3N(c3ccccc3)c3cccc(c32)O5)cc1. The molecule has 4 heterocycles. The first-order valence-electron chi connectivity index (χ1n) is 16.5. The van der Waals surface area contributed by atoms with Crippen LogP contribution in [0.15, 0.2) is 158 Å². The molecular formula is C42H26B2N2O2. The van der Waals surface area contributed by atoms with Gasteiger partial charge in [-0.25, -0.2) is 0 Å². The van der Waals surface area contributed by atoms with E-state index in [0.717, 1.165) is 51.2 Å². The van der Waals surface area contributed by atoms with Gasteiger partial charge in [0.05, 0.1) is 0 Å². The number of para-hydroxylation sites is 4. The van der Waals surface area contributed by atoms with Crippen LogP contribution in [0.2, 0.25) is 0 Å². The van der Waals surface area contributed by atoms with Crippen LogP contribution >= 0.6 is 0 Å². The molecule has 0 unspecified atom stereocenters. The van der Waals surface area contributed by atoms with Gasteiger partial charge in [-0.15, -0.1) is 0 Å². The van der Waals surface area contributed by atoms with E-state index in [1.165, 1.54) is 38.7 Å². The van der Waals surface area contributed by atoms with Crippen LogP contribution in [0.3, 0.4) is 0 Å². The summed E-state index contributed by atoms with van der Waals surface area (Å²) in [5, 5.41) is 0. The molecule has 6 heteroatoms. The third-order valence-corrected chi connectivity index (χ3v) is 10.4. The molecular weight excluding hydrogens is 586 g/mol. The summed E-state index contributed by atoms with van der Waals surface area (Å²) in [6, 6.07) is 56.1. The second kappa shape index (κ2) is 9.69. The van der Waals surface area contributed by atoms with Gasteiger partial charge in [0.15, 0.2) is 0 Å². The molecule has 11 rings (SSSR count). The second-order valence-electron chi connectivity index (χ2n) is 12.8. The van der Waals surface area contributed by atoms with Crippen molar-refractivity contribution in [1.82, 2.24) is 0 Å². The smallest absolute Gasteiger partial charge is 0.261 e. The van der Waals surface area contributed by atoms with E-state index < -0.39 is 0 Å². The summed E-state index contributed by atoms with van der Waals surface area (Å²) in [7, 11) is 0. The lowest BCUT2D eigenvalue weighted by Crippen LogP contribution is -2.64. The number of anilines is 6. The highest BCUT2D eigenvalue weighted by atomic mass is 16.5. The number of ether oxygens (including phenoxy) is 2. The average Bonchev–Trinajstić information content (AvgIpc) is 3.15. The molecule has 4 aliphatic rings. The van der Waals surface area contributed by atoms with Crippen LogP contribution in [0, 0.1) is 0 Å². The number of rotatable bonds is 2. The molecule has 0 N–H and O–H groups in total. The molecule has 4 aliphatic heterocycles. The Labute approximate surface area is 279 Å². The lowest BCUT2D eigenvalue weighted by atomic mass is 9.30. The van der Waals surface area contributed by atoms with Gasteiger partial charge in [-0.1, -0.05) is 91.0 Å². The monoisotopic (exact) mass is 612 g/mol. The summed E-state index contributed by atoms with van der Waals surface area (Å²) in [6.45, 7) is -0.0480. The largest absolute Gasteiger partial charge is 0.459 e. The number of benzene rings is 7. The van der Waals surface area contributed by atoms with Crippen molar-refractivity contribution in [3.8, 4) is 23.0 Å². The van der Waals surface area contributed by atoms with Gasteiger partial charge in [0.1, 0.15) is 23.0 Å². The molecule has 0 fully saturated rings. The maximum Gasteiger partial charge on any atom is 0.261 e. The van der Waals surface area contributed by atoms with Crippen LogP contribution in [0.5, 0.6) is 23.0 Å². The van der Waals surface area contributed by atoms with Crippen molar-refractivity contribution >= 4 is 80.3 Å². The van der Waals surface area contributed by atoms with Crippen LogP contribution in [0.1, 0.15) is 0 Å². The molecule has 7 aromatic carbocycles. The van der Waals surface area contributed by atoms with E-state index in [1.54, 1.807) is 0 Å². The molecule has 0 bridgehead atoms. The molecule has 222 valence electrons. The number of fused-ring (bicyclic) bond motifs is 9. The van der Waals surface area contributed by atoms with E-state index in [2.05, 4.69) is 168 Å². The quantitative estimate of drug-likeness (QED) is 0.209. The maximum atomic E-state index is 7.14. The van der Waals surface area contributed by atoms with Crippen LogP contribution < -0.4 is 52.1 Å². The summed E-state index contributed by atoms with van der Waals surface area (Å²) >= 11 is 0. The predicted molar refractivity (Wildman–Crippen MR) is 198 cm³/mol. The van der Waals surface area contributed by atoms with Gasteiger partial charge in [-0.2, -0.15) is 0 Å². The minimum Gasteiger partial charge on any atom is -0.459 e. The van der Waals surface area contributed by atoms with Gasteiger partial charge in [0, 0.05) is 39.6 Å². The molecule has 0 saturated carbocycles. The molecule has 0 atom stereocenters. The summed E-state index contributed by atoms with van der Waals surface area (Å²) in [6.07, 6.45) is 0. The standard InChI is InChI=1S/C42H26B2N2O2/c1-3-13-27(14-4-1)45-32-19-9-7-17-29(32)43-31-25-26-38-41(42(31)48-37-24-12-21-34(45)39(37)43)44-30-18-8-10-20-33(30)46(28-15-5-2-6-16-28)35-22-11-23-36(47-38)40(35)44/h1-26H. The first-order valence-corrected chi connectivity index (χ1v) is 16.5. The van der Waals surface area contributed by atoms with Gasteiger partial charge in [-0.3, -0.25) is 0 Å². The molecule has 48 heavy (non-hydrogen) atoms. The normalized spacial score (nSPS) is 14.0. The van der Waals surface area contributed by atoms with Gasteiger partial charge in [-0.05, 0) is 94.0 Å². The summed E-state index contributed by atoms with van der Waals surface area (Å²) in [4.78, 5) is 4.74. The fourth-order valence-electron chi connectivity index (χ4n) is 8.52. The van der Waals surface area contributed by atoms with Crippen molar-refractivity contribution in [3.05, 3.63) is 158 Å². The Bertz CT molecular complexity index is 2450. The zero-order chi connectivity index (χ0) is 31.3. The number of nitrogens with zero attached hydrogens (tertiary/aromatic N) is 2. The van der Waals surface area contributed by atoms with Crippen molar-refractivity contribution < 1.29 is 9.47 Å². The van der Waals surface area contributed by atoms with Crippen LogP contribution in [0.25, 0.3) is 0 Å². The van der Waals surface area contributed by atoms with Gasteiger partial charge >= 0.3 is 0 Å². The van der Waals surface area contributed by atoms with Gasteiger partial charge in [0.25, 0.3) is 13.4 Å². The van der Waals surface area contributed by atoms with Crippen molar-refractivity contribution in [2.75, 3.05) is 9.80 Å². The minimum absolute atomic E-state index is 0.0118. The van der Waals surface area contributed by atoms with Crippen LogP contribution in [0.4, 0.5) is 34.1 Å². The molecule has 0 saturated heterocycles. The zero-order valence-electron chi connectivity index (χ0n) is 25.9. The Kier molecular flexibility index (Phi) is 5.25. The molecule has 4 nitrogen and oxygen atoms in total. The Morgan fingerprint density at radius 1 is 0.333 bits per heavy atom. The third kappa shape index (κ3) is 3.41. The van der Waals surface area contributed by atoms with Crippen molar-refractivity contribution in [2.24, 2.45) is 0 Å². The fourth-order valence-corrected chi connectivity index (χ4v) is 8.52. The third-order valence-electron chi connectivity index (χ3n) is 10.4. The van der Waals surface area contributed by atoms with Crippen molar-refractivity contribution in [2.45, 2.75) is 0 Å². The molecule has 0 spiro atoms. The van der Waals surface area contributed by atoms with Crippen LogP contribution in [-0.2, 0) is 0 Å². The number of hydrogen-bond acceptors (Lipinski definition) is 4. The Balaban J connectivity index is 1.17. The fraction of sp³-hybridized carbons (Fsp3) is 0. The zero-order valence-corrected chi connectivity index (χ0v) is 25.9. The predicted octanol–water partition coefficient (Wildman–Crippen LogP) is 6.50. The van der Waals surface area contributed by atoms with E-state index in [0.29, 0.717) is 0 Å². The molecule has 0 radical (unpaired) electrons. The highest BCUT2D eigenvalue weighted by Crippen LogP contribution is 2.44. The molecule has 7 aromatic rings. The Morgan fingerprint density at radius 3 is 1.44 bits per heavy atom. The highest BCUT2D eigenvalue weighted by Gasteiger charge is 2.48. The lowest BCUT2D eigenvalue weighted by Gasteiger charge is -2.43. The Hall–Kier alpha value is -6.13. The Morgan fingerprint density at radius 2 is 0.812 bits per heavy atom. The average molecular weight is 612 g/mol. The highest BCUT2D eigenvalue weighted by molar-refractivity contribution is 7.02. The van der Waals surface area contributed by atoms with E-state index >= 15 is 0 Å². The summed E-state index contributed by atoms with van der Waals surface area (Å²) < 4.78 is 14.0. The van der Waals surface area contributed by atoms with Crippen LogP contribution in [-0.4, -0.2) is 13.4 Å². The summed E-state index contributed by atoms with van der Waals surface area (Å²) in [5.41, 5.74) is 14.0. The molecule has 0 aliphatic carbocycles. The minimum atomic E-state index is -0.0598. The van der Waals surface area contributed by atoms with E-state index in [1.807, 2.05) is 0 Å².